The predicted molar refractivity (Wildman–Crippen MR) is 111 cm³/mol. The molecule has 8 heteroatoms. The highest BCUT2D eigenvalue weighted by molar-refractivity contribution is 5.94. The van der Waals surface area contributed by atoms with E-state index in [1.54, 1.807) is 20.3 Å². The Balaban J connectivity index is 1.57. The van der Waals surface area contributed by atoms with Gasteiger partial charge < -0.3 is 19.7 Å². The third kappa shape index (κ3) is 5.13. The van der Waals surface area contributed by atoms with Gasteiger partial charge in [-0.1, -0.05) is 6.07 Å². The zero-order valence-corrected chi connectivity index (χ0v) is 17.8. The number of amides is 2. The lowest BCUT2D eigenvalue weighted by molar-refractivity contribution is -0.127. The lowest BCUT2D eigenvalue weighted by Crippen LogP contribution is -2.43. The molecule has 1 aliphatic heterocycles. The first-order valence-corrected chi connectivity index (χ1v) is 10.1. The summed E-state index contributed by atoms with van der Waals surface area (Å²) in [6.07, 6.45) is 0.943. The van der Waals surface area contributed by atoms with Gasteiger partial charge in [-0.25, -0.2) is 8.78 Å². The van der Waals surface area contributed by atoms with Crippen molar-refractivity contribution in [3.63, 3.8) is 0 Å². The fourth-order valence-corrected chi connectivity index (χ4v) is 3.71. The number of halogens is 2. The Morgan fingerprint density at radius 3 is 2.32 bits per heavy atom. The molecule has 2 amide bonds. The molecule has 0 radical (unpaired) electrons. The number of rotatable bonds is 6. The molecule has 0 spiro atoms. The van der Waals surface area contributed by atoms with Gasteiger partial charge >= 0.3 is 0 Å². The van der Waals surface area contributed by atoms with Crippen molar-refractivity contribution in [3.05, 3.63) is 59.2 Å². The van der Waals surface area contributed by atoms with Crippen molar-refractivity contribution in [1.29, 1.82) is 0 Å². The summed E-state index contributed by atoms with van der Waals surface area (Å²) in [7, 11) is 3.11. The van der Waals surface area contributed by atoms with Gasteiger partial charge in [0.2, 0.25) is 5.91 Å². The summed E-state index contributed by atoms with van der Waals surface area (Å²) in [5.41, 5.74) is 0.719. The molecule has 0 aromatic heterocycles. The van der Waals surface area contributed by atoms with Crippen LogP contribution in [0.3, 0.4) is 0 Å². The summed E-state index contributed by atoms with van der Waals surface area (Å²) in [4.78, 5) is 26.7. The Kier molecular flexibility index (Phi) is 7.09. The van der Waals surface area contributed by atoms with Crippen molar-refractivity contribution < 1.29 is 27.8 Å². The predicted octanol–water partition coefficient (Wildman–Crippen LogP) is 3.71. The first kappa shape index (κ1) is 22.5. The van der Waals surface area contributed by atoms with Crippen molar-refractivity contribution in [2.24, 2.45) is 5.92 Å². The molecular weight excluding hydrogens is 406 g/mol. The second-order valence-corrected chi connectivity index (χ2v) is 7.54. The maximum absolute atomic E-state index is 13.9. The van der Waals surface area contributed by atoms with Crippen LogP contribution in [-0.2, 0) is 4.79 Å². The van der Waals surface area contributed by atoms with Crippen LogP contribution in [0.1, 0.15) is 41.7 Å². The van der Waals surface area contributed by atoms with E-state index in [1.807, 2.05) is 19.1 Å². The molecule has 31 heavy (non-hydrogen) atoms. The van der Waals surface area contributed by atoms with E-state index in [1.165, 1.54) is 4.90 Å². The minimum absolute atomic E-state index is 0.0950. The Hall–Kier alpha value is -3.16. The summed E-state index contributed by atoms with van der Waals surface area (Å²) in [5.74, 6) is -1.25. The van der Waals surface area contributed by atoms with E-state index in [2.05, 4.69) is 5.32 Å². The van der Waals surface area contributed by atoms with Crippen LogP contribution in [0.4, 0.5) is 8.78 Å². The van der Waals surface area contributed by atoms with Gasteiger partial charge in [0.25, 0.3) is 5.91 Å². The third-order valence-corrected chi connectivity index (χ3v) is 5.58. The molecular formula is C23H26F2N2O4. The highest BCUT2D eigenvalue weighted by atomic mass is 19.1. The molecule has 1 atom stereocenters. The Morgan fingerprint density at radius 2 is 1.71 bits per heavy atom. The van der Waals surface area contributed by atoms with Gasteiger partial charge in [0.1, 0.15) is 11.6 Å². The van der Waals surface area contributed by atoms with Crippen molar-refractivity contribution in [3.8, 4) is 11.5 Å². The zero-order chi connectivity index (χ0) is 22.5. The van der Waals surface area contributed by atoms with E-state index in [9.17, 15) is 18.4 Å². The van der Waals surface area contributed by atoms with Crippen molar-refractivity contribution in [2.45, 2.75) is 25.8 Å². The molecule has 1 fully saturated rings. The monoisotopic (exact) mass is 432 g/mol. The number of likely N-dealkylation sites (tertiary alicyclic amines) is 1. The average molecular weight is 432 g/mol. The fourth-order valence-electron chi connectivity index (χ4n) is 3.71. The molecule has 2 aromatic carbocycles. The van der Waals surface area contributed by atoms with Crippen molar-refractivity contribution in [1.82, 2.24) is 10.2 Å². The summed E-state index contributed by atoms with van der Waals surface area (Å²) in [6.45, 7) is 2.55. The van der Waals surface area contributed by atoms with Crippen LogP contribution in [0.2, 0.25) is 0 Å². The molecule has 0 bridgehead atoms. The highest BCUT2D eigenvalue weighted by Gasteiger charge is 2.29. The van der Waals surface area contributed by atoms with Crippen LogP contribution in [0.25, 0.3) is 0 Å². The second kappa shape index (κ2) is 9.76. The second-order valence-electron chi connectivity index (χ2n) is 7.54. The molecule has 1 N–H and O–H groups in total. The van der Waals surface area contributed by atoms with E-state index < -0.39 is 17.5 Å². The molecule has 0 aliphatic carbocycles. The minimum Gasteiger partial charge on any atom is -0.493 e. The molecule has 1 unspecified atom stereocenters. The number of ether oxygens (including phenoxy) is 2. The van der Waals surface area contributed by atoms with Gasteiger partial charge in [0, 0.05) is 25.1 Å². The fraction of sp³-hybridized carbons (Fsp3) is 0.391. The highest BCUT2D eigenvalue weighted by Crippen LogP contribution is 2.30. The smallest absolute Gasteiger partial charge is 0.256 e. The maximum Gasteiger partial charge on any atom is 0.256 e. The van der Waals surface area contributed by atoms with Gasteiger partial charge in [0.15, 0.2) is 11.5 Å². The quantitative estimate of drug-likeness (QED) is 0.756. The summed E-state index contributed by atoms with van der Waals surface area (Å²) in [5, 5.41) is 3.01. The van der Waals surface area contributed by atoms with E-state index in [0.29, 0.717) is 43.5 Å². The SMILES string of the molecule is COc1ccc(C(C)NC(=O)C2CCN(C(=O)c3ccc(F)cc3F)CC2)cc1OC. The van der Waals surface area contributed by atoms with Crippen molar-refractivity contribution in [2.75, 3.05) is 27.3 Å². The number of hydrogen-bond acceptors (Lipinski definition) is 4. The Labute approximate surface area is 180 Å². The number of benzene rings is 2. The average Bonchev–Trinajstić information content (AvgIpc) is 2.78. The first-order chi connectivity index (χ1) is 14.8. The number of nitrogens with one attached hydrogen (secondary N) is 1. The maximum atomic E-state index is 13.9. The lowest BCUT2D eigenvalue weighted by Gasteiger charge is -2.32. The standard InChI is InChI=1S/C23H26F2N2O4/c1-14(16-4-7-20(30-2)21(12-16)31-3)26-22(28)15-8-10-27(11-9-15)23(29)18-6-5-17(24)13-19(18)25/h4-7,12-15H,8-11H2,1-3H3,(H,26,28). The van der Waals surface area contributed by atoms with Crippen LogP contribution in [0.5, 0.6) is 11.5 Å². The zero-order valence-electron chi connectivity index (χ0n) is 17.8. The number of hydrogen-bond donors (Lipinski definition) is 1. The normalized spacial score (nSPS) is 15.3. The van der Waals surface area contributed by atoms with Crippen LogP contribution >= 0.6 is 0 Å². The van der Waals surface area contributed by atoms with E-state index in [-0.39, 0.29) is 23.4 Å². The molecule has 6 nitrogen and oxygen atoms in total. The largest absolute Gasteiger partial charge is 0.493 e. The van der Waals surface area contributed by atoms with Gasteiger partial charge in [0.05, 0.1) is 25.8 Å². The summed E-state index contributed by atoms with van der Waals surface area (Å²) < 4.78 is 37.5. The molecule has 3 rings (SSSR count). The number of carbonyl (C=O) groups is 2. The van der Waals surface area contributed by atoms with Gasteiger partial charge in [-0.3, -0.25) is 9.59 Å². The van der Waals surface area contributed by atoms with Crippen molar-refractivity contribution >= 4 is 11.8 Å². The number of methoxy groups -OCH3 is 2. The van der Waals surface area contributed by atoms with Gasteiger partial charge in [-0.05, 0) is 49.6 Å². The lowest BCUT2D eigenvalue weighted by atomic mass is 9.94. The van der Waals surface area contributed by atoms with Crippen LogP contribution in [0.15, 0.2) is 36.4 Å². The molecule has 0 saturated carbocycles. The molecule has 2 aromatic rings. The number of carbonyl (C=O) groups excluding carboxylic acids is 2. The Morgan fingerprint density at radius 1 is 1.03 bits per heavy atom. The summed E-state index contributed by atoms with van der Waals surface area (Å²) >= 11 is 0. The van der Waals surface area contributed by atoms with Crippen LogP contribution in [-0.4, -0.2) is 44.0 Å². The molecule has 1 saturated heterocycles. The van der Waals surface area contributed by atoms with Gasteiger partial charge in [-0.15, -0.1) is 0 Å². The van der Waals surface area contributed by atoms with Gasteiger partial charge in [-0.2, -0.15) is 0 Å². The Bertz CT molecular complexity index is 959. The third-order valence-electron chi connectivity index (χ3n) is 5.58. The molecule has 1 heterocycles. The first-order valence-electron chi connectivity index (χ1n) is 10.1. The molecule has 1 aliphatic rings. The van der Waals surface area contributed by atoms with Crippen LogP contribution < -0.4 is 14.8 Å². The van der Waals surface area contributed by atoms with E-state index in [4.69, 9.17) is 9.47 Å². The van der Waals surface area contributed by atoms with Crippen LogP contribution in [0, 0.1) is 17.6 Å². The number of piperidine rings is 1. The number of nitrogens with zero attached hydrogens (tertiary/aromatic N) is 1. The minimum atomic E-state index is -0.881. The summed E-state index contributed by atoms with van der Waals surface area (Å²) in [6, 6.07) is 8.15. The topological polar surface area (TPSA) is 67.9 Å². The van der Waals surface area contributed by atoms with E-state index in [0.717, 1.165) is 17.7 Å². The van der Waals surface area contributed by atoms with E-state index >= 15 is 0 Å². The molecule has 166 valence electrons.